The zero-order valence-corrected chi connectivity index (χ0v) is 11.5. The number of anilines is 1. The van der Waals surface area contributed by atoms with Crippen molar-refractivity contribution in [2.24, 2.45) is 0 Å². The summed E-state index contributed by atoms with van der Waals surface area (Å²) in [5, 5.41) is 10.7. The minimum Gasteiger partial charge on any atom is -0.311 e. The number of amides is 1. The summed E-state index contributed by atoms with van der Waals surface area (Å²) in [5.74, 6) is -1.41. The molecule has 0 bridgehead atoms. The van der Waals surface area contributed by atoms with Crippen LogP contribution in [0, 0.1) is 22.9 Å². The van der Waals surface area contributed by atoms with Gasteiger partial charge in [0, 0.05) is 24.4 Å². The molecule has 0 heterocycles. The van der Waals surface area contributed by atoms with E-state index in [1.807, 2.05) is 19.1 Å². The molecule has 0 spiro atoms. The standard InChI is InChI=1S/C15H13FN2O3/c1-10-3-6-12(7-4-10)17(2)15(19)11-5-8-13(16)14(9-11)18(20)21/h3-9H,1-2H3. The van der Waals surface area contributed by atoms with E-state index in [0.29, 0.717) is 5.69 Å². The lowest BCUT2D eigenvalue weighted by Gasteiger charge is -2.17. The molecule has 0 aromatic heterocycles. The van der Waals surface area contributed by atoms with Gasteiger partial charge < -0.3 is 4.90 Å². The van der Waals surface area contributed by atoms with Gasteiger partial charge in [0.15, 0.2) is 0 Å². The topological polar surface area (TPSA) is 63.5 Å². The number of carbonyl (C=O) groups excluding carboxylic acids is 1. The molecule has 0 saturated carbocycles. The predicted molar refractivity (Wildman–Crippen MR) is 77.0 cm³/mol. The van der Waals surface area contributed by atoms with E-state index in [-0.39, 0.29) is 5.56 Å². The van der Waals surface area contributed by atoms with Gasteiger partial charge in [0.2, 0.25) is 5.82 Å². The molecule has 0 radical (unpaired) electrons. The van der Waals surface area contributed by atoms with Crippen molar-refractivity contribution in [1.82, 2.24) is 0 Å². The number of rotatable bonds is 3. The van der Waals surface area contributed by atoms with Gasteiger partial charge in [-0.3, -0.25) is 14.9 Å². The van der Waals surface area contributed by atoms with Crippen molar-refractivity contribution >= 4 is 17.3 Å². The summed E-state index contributed by atoms with van der Waals surface area (Å²) in [7, 11) is 1.56. The normalized spacial score (nSPS) is 10.2. The molecule has 108 valence electrons. The molecule has 0 aliphatic carbocycles. The maximum Gasteiger partial charge on any atom is 0.305 e. The largest absolute Gasteiger partial charge is 0.311 e. The molecule has 1 amide bonds. The molecule has 21 heavy (non-hydrogen) atoms. The molecule has 0 atom stereocenters. The van der Waals surface area contributed by atoms with Crippen molar-refractivity contribution in [3.05, 3.63) is 69.5 Å². The van der Waals surface area contributed by atoms with Gasteiger partial charge in [-0.2, -0.15) is 4.39 Å². The number of halogens is 1. The minimum atomic E-state index is -0.963. The van der Waals surface area contributed by atoms with Gasteiger partial charge in [0.1, 0.15) is 0 Å². The SMILES string of the molecule is Cc1ccc(N(C)C(=O)c2ccc(F)c([N+](=O)[O-])c2)cc1. The zero-order valence-electron chi connectivity index (χ0n) is 11.5. The van der Waals surface area contributed by atoms with Crippen molar-refractivity contribution < 1.29 is 14.1 Å². The molecule has 0 fully saturated rings. The average Bonchev–Trinajstić information content (AvgIpc) is 2.46. The van der Waals surface area contributed by atoms with Gasteiger partial charge in [-0.15, -0.1) is 0 Å². The molecular formula is C15H13FN2O3. The summed E-state index contributed by atoms with van der Waals surface area (Å²) in [6.45, 7) is 1.93. The summed E-state index contributed by atoms with van der Waals surface area (Å²) in [6.07, 6.45) is 0. The van der Waals surface area contributed by atoms with Crippen LogP contribution in [0.4, 0.5) is 15.8 Å². The summed E-state index contributed by atoms with van der Waals surface area (Å²) >= 11 is 0. The second-order valence-corrected chi connectivity index (χ2v) is 4.62. The fourth-order valence-electron chi connectivity index (χ4n) is 1.86. The zero-order chi connectivity index (χ0) is 15.6. The monoisotopic (exact) mass is 288 g/mol. The molecule has 0 unspecified atom stereocenters. The molecule has 6 heteroatoms. The van der Waals surface area contributed by atoms with Crippen molar-refractivity contribution in [3.8, 4) is 0 Å². The third kappa shape index (κ3) is 3.05. The first-order chi connectivity index (χ1) is 9.90. The Kier molecular flexibility index (Phi) is 3.98. The molecule has 0 N–H and O–H groups in total. The van der Waals surface area contributed by atoms with Gasteiger partial charge in [0.25, 0.3) is 5.91 Å². The van der Waals surface area contributed by atoms with E-state index in [2.05, 4.69) is 0 Å². The number of hydrogen-bond acceptors (Lipinski definition) is 3. The van der Waals surface area contributed by atoms with E-state index in [1.165, 1.54) is 11.0 Å². The van der Waals surface area contributed by atoms with Gasteiger partial charge in [-0.1, -0.05) is 17.7 Å². The second-order valence-electron chi connectivity index (χ2n) is 4.62. The first kappa shape index (κ1) is 14.6. The Balaban J connectivity index is 2.33. The highest BCUT2D eigenvalue weighted by Gasteiger charge is 2.20. The highest BCUT2D eigenvalue weighted by molar-refractivity contribution is 6.06. The number of nitro benzene ring substituents is 1. The van der Waals surface area contributed by atoms with E-state index in [0.717, 1.165) is 17.7 Å². The maximum absolute atomic E-state index is 13.3. The summed E-state index contributed by atoms with van der Waals surface area (Å²) in [5.41, 5.74) is 1.05. The highest BCUT2D eigenvalue weighted by Crippen LogP contribution is 2.21. The Morgan fingerprint density at radius 2 is 1.81 bits per heavy atom. The minimum absolute atomic E-state index is 0.0613. The van der Waals surface area contributed by atoms with E-state index in [4.69, 9.17) is 0 Å². The van der Waals surface area contributed by atoms with E-state index < -0.39 is 22.3 Å². The lowest BCUT2D eigenvalue weighted by atomic mass is 10.1. The van der Waals surface area contributed by atoms with Crippen LogP contribution in [-0.4, -0.2) is 17.9 Å². The van der Waals surface area contributed by atoms with Crippen LogP contribution in [0.2, 0.25) is 0 Å². The molecule has 2 aromatic rings. The second kappa shape index (κ2) is 5.70. The van der Waals surface area contributed by atoms with E-state index in [9.17, 15) is 19.3 Å². The average molecular weight is 288 g/mol. The van der Waals surface area contributed by atoms with Crippen LogP contribution < -0.4 is 4.90 Å². The van der Waals surface area contributed by atoms with Crippen LogP contribution in [-0.2, 0) is 0 Å². The Hall–Kier alpha value is -2.76. The molecule has 0 saturated heterocycles. The number of hydrogen-bond donors (Lipinski definition) is 0. The van der Waals surface area contributed by atoms with Crippen molar-refractivity contribution in [3.63, 3.8) is 0 Å². The van der Waals surface area contributed by atoms with Crippen LogP contribution >= 0.6 is 0 Å². The summed E-state index contributed by atoms with van der Waals surface area (Å²) in [4.78, 5) is 23.5. The molecule has 2 aromatic carbocycles. The van der Waals surface area contributed by atoms with Gasteiger partial charge in [-0.05, 0) is 31.2 Å². The Labute approximate surface area is 120 Å². The van der Waals surface area contributed by atoms with Crippen LogP contribution in [0.25, 0.3) is 0 Å². The first-order valence-electron chi connectivity index (χ1n) is 6.19. The first-order valence-corrected chi connectivity index (χ1v) is 6.19. The van der Waals surface area contributed by atoms with Crippen LogP contribution in [0.15, 0.2) is 42.5 Å². The highest BCUT2D eigenvalue weighted by atomic mass is 19.1. The summed E-state index contributed by atoms with van der Waals surface area (Å²) in [6, 6.07) is 10.3. The molecule has 5 nitrogen and oxygen atoms in total. The fraction of sp³-hybridized carbons (Fsp3) is 0.133. The molecule has 2 rings (SSSR count). The van der Waals surface area contributed by atoms with Gasteiger partial charge in [-0.25, -0.2) is 0 Å². The number of carbonyl (C=O) groups is 1. The smallest absolute Gasteiger partial charge is 0.305 e. The fourth-order valence-corrected chi connectivity index (χ4v) is 1.86. The lowest BCUT2D eigenvalue weighted by molar-refractivity contribution is -0.387. The van der Waals surface area contributed by atoms with Gasteiger partial charge >= 0.3 is 5.69 Å². The van der Waals surface area contributed by atoms with Crippen LogP contribution in [0.5, 0.6) is 0 Å². The van der Waals surface area contributed by atoms with Crippen molar-refractivity contribution in [2.45, 2.75) is 6.92 Å². The Bertz CT molecular complexity index is 699. The quantitative estimate of drug-likeness (QED) is 0.643. The molecular weight excluding hydrogens is 275 g/mol. The number of nitrogens with zero attached hydrogens (tertiary/aromatic N) is 2. The Morgan fingerprint density at radius 1 is 1.19 bits per heavy atom. The van der Waals surface area contributed by atoms with Crippen LogP contribution in [0.3, 0.4) is 0 Å². The third-order valence-electron chi connectivity index (χ3n) is 3.12. The maximum atomic E-state index is 13.3. The summed E-state index contributed by atoms with van der Waals surface area (Å²) < 4.78 is 13.3. The van der Waals surface area contributed by atoms with Crippen LogP contribution in [0.1, 0.15) is 15.9 Å². The van der Waals surface area contributed by atoms with Gasteiger partial charge in [0.05, 0.1) is 4.92 Å². The number of benzene rings is 2. The number of aryl methyl sites for hydroxylation is 1. The number of nitro groups is 1. The van der Waals surface area contributed by atoms with Crippen molar-refractivity contribution in [2.75, 3.05) is 11.9 Å². The Morgan fingerprint density at radius 3 is 2.38 bits per heavy atom. The lowest BCUT2D eigenvalue weighted by Crippen LogP contribution is -2.26. The predicted octanol–water partition coefficient (Wildman–Crippen LogP) is 3.32. The molecule has 0 aliphatic rings. The van der Waals surface area contributed by atoms with E-state index >= 15 is 0 Å². The third-order valence-corrected chi connectivity index (χ3v) is 3.12. The van der Waals surface area contributed by atoms with Crippen molar-refractivity contribution in [1.29, 1.82) is 0 Å². The molecule has 0 aliphatic heterocycles. The van der Waals surface area contributed by atoms with E-state index in [1.54, 1.807) is 19.2 Å².